The summed E-state index contributed by atoms with van der Waals surface area (Å²) in [6.07, 6.45) is 7.11. The molecule has 2 aromatic heterocycles. The number of hydrogen-bond acceptors (Lipinski definition) is 5. The van der Waals surface area contributed by atoms with E-state index in [2.05, 4.69) is 34.2 Å². The fourth-order valence-electron chi connectivity index (χ4n) is 4.82. The van der Waals surface area contributed by atoms with Gasteiger partial charge in [-0.2, -0.15) is 5.10 Å². The van der Waals surface area contributed by atoms with Gasteiger partial charge in [-0.15, -0.1) is 0 Å². The van der Waals surface area contributed by atoms with Gasteiger partial charge in [0.25, 0.3) is 5.91 Å². The average molecular weight is 488 g/mol. The van der Waals surface area contributed by atoms with E-state index in [9.17, 15) is 9.18 Å². The lowest BCUT2D eigenvalue weighted by Crippen LogP contribution is -2.53. The van der Waals surface area contributed by atoms with Gasteiger partial charge in [0, 0.05) is 53.1 Å². The third kappa shape index (κ3) is 4.68. The predicted octanol–water partition coefficient (Wildman–Crippen LogP) is 4.90. The van der Waals surface area contributed by atoms with Crippen molar-refractivity contribution >= 4 is 16.8 Å². The number of aromatic amines is 1. The van der Waals surface area contributed by atoms with E-state index in [0.717, 1.165) is 34.9 Å². The number of H-pyrrole nitrogens is 1. The van der Waals surface area contributed by atoms with Crippen LogP contribution in [0.3, 0.4) is 0 Å². The predicted molar refractivity (Wildman–Crippen MR) is 137 cm³/mol. The van der Waals surface area contributed by atoms with Crippen molar-refractivity contribution in [1.82, 2.24) is 25.0 Å². The molecule has 8 heteroatoms. The lowest BCUT2D eigenvalue weighted by atomic mass is 9.84. The van der Waals surface area contributed by atoms with Gasteiger partial charge >= 0.3 is 0 Å². The highest BCUT2D eigenvalue weighted by Crippen LogP contribution is 2.35. The molecule has 0 unspecified atom stereocenters. The van der Waals surface area contributed by atoms with Crippen molar-refractivity contribution < 1.29 is 13.9 Å². The second kappa shape index (κ2) is 10.1. The van der Waals surface area contributed by atoms with Crippen molar-refractivity contribution in [3.63, 3.8) is 0 Å². The highest BCUT2D eigenvalue weighted by molar-refractivity contribution is 5.96. The standard InChI is InChI=1S/C28H30FN5O2/c1-4-36-26-11-19(8-9-25(26)18-6-5-7-22(29)10-18)28(35)34(24-12-23(13-24)33(2)3)17-21-15-30-14-20-16-31-32-27(20)21/h5-11,14-16,23-24H,4,12-13,17H2,1-3H3,(H,31,32). The van der Waals surface area contributed by atoms with E-state index < -0.39 is 0 Å². The zero-order chi connectivity index (χ0) is 25.2. The minimum atomic E-state index is -0.316. The maximum Gasteiger partial charge on any atom is 0.254 e. The Labute approximate surface area is 209 Å². The van der Waals surface area contributed by atoms with Crippen molar-refractivity contribution in [2.75, 3.05) is 20.7 Å². The molecule has 1 saturated carbocycles. The molecular weight excluding hydrogens is 457 g/mol. The molecule has 2 aromatic carbocycles. The highest BCUT2D eigenvalue weighted by Gasteiger charge is 2.37. The fourth-order valence-corrected chi connectivity index (χ4v) is 4.82. The number of benzene rings is 2. The van der Waals surface area contributed by atoms with Gasteiger partial charge in [0.15, 0.2) is 0 Å². The molecule has 0 spiro atoms. The molecule has 0 atom stereocenters. The summed E-state index contributed by atoms with van der Waals surface area (Å²) in [7, 11) is 4.14. The van der Waals surface area contributed by atoms with Gasteiger partial charge in [0.2, 0.25) is 0 Å². The van der Waals surface area contributed by atoms with E-state index in [4.69, 9.17) is 4.74 Å². The molecule has 0 saturated heterocycles. The van der Waals surface area contributed by atoms with Crippen LogP contribution in [0.2, 0.25) is 0 Å². The Bertz CT molecular complexity index is 1380. The number of carbonyl (C=O) groups excluding carboxylic acids is 1. The van der Waals surface area contributed by atoms with Gasteiger partial charge in [0.05, 0.1) is 18.3 Å². The van der Waals surface area contributed by atoms with E-state index in [0.29, 0.717) is 36.1 Å². The number of nitrogens with one attached hydrogen (secondary N) is 1. The Balaban J connectivity index is 1.49. The second-order valence-electron chi connectivity index (χ2n) is 9.46. The van der Waals surface area contributed by atoms with Gasteiger partial charge in [-0.05, 0) is 69.8 Å². The number of rotatable bonds is 8. The SMILES string of the molecule is CCOc1cc(C(=O)N(Cc2cncc3cn[nH]c23)C2CC(N(C)C)C2)ccc1-c1cccc(F)c1. The first kappa shape index (κ1) is 23.9. The number of aromatic nitrogens is 3. The summed E-state index contributed by atoms with van der Waals surface area (Å²) in [6, 6.07) is 12.4. The van der Waals surface area contributed by atoms with Crippen molar-refractivity contribution in [2.45, 2.75) is 38.4 Å². The van der Waals surface area contributed by atoms with E-state index in [-0.39, 0.29) is 17.8 Å². The topological polar surface area (TPSA) is 74.3 Å². The number of amides is 1. The molecule has 0 bridgehead atoms. The first-order chi connectivity index (χ1) is 17.4. The fraction of sp³-hybridized carbons (Fsp3) is 0.321. The molecule has 0 radical (unpaired) electrons. The molecule has 1 aliphatic rings. The summed E-state index contributed by atoms with van der Waals surface area (Å²) >= 11 is 0. The Morgan fingerprint density at radius 2 is 1.94 bits per heavy atom. The van der Waals surface area contributed by atoms with Crippen molar-refractivity contribution in [3.8, 4) is 16.9 Å². The first-order valence-electron chi connectivity index (χ1n) is 12.2. The van der Waals surface area contributed by atoms with E-state index >= 15 is 0 Å². The van der Waals surface area contributed by atoms with Gasteiger partial charge < -0.3 is 14.5 Å². The quantitative estimate of drug-likeness (QED) is 0.383. The molecule has 5 rings (SSSR count). The van der Waals surface area contributed by atoms with Crippen molar-refractivity contribution in [2.24, 2.45) is 0 Å². The van der Waals surface area contributed by atoms with Crippen LogP contribution < -0.4 is 4.74 Å². The Morgan fingerprint density at radius 3 is 2.69 bits per heavy atom. The Kier molecular flexibility index (Phi) is 6.69. The number of pyridine rings is 1. The summed E-state index contributed by atoms with van der Waals surface area (Å²) in [4.78, 5) is 22.4. The van der Waals surface area contributed by atoms with Crippen LogP contribution in [0.4, 0.5) is 4.39 Å². The first-order valence-corrected chi connectivity index (χ1v) is 12.2. The summed E-state index contributed by atoms with van der Waals surface area (Å²) in [5.74, 6) is 0.176. The zero-order valence-electron chi connectivity index (χ0n) is 20.7. The molecule has 1 N–H and O–H groups in total. The molecule has 0 aliphatic heterocycles. The largest absolute Gasteiger partial charge is 0.493 e. The van der Waals surface area contributed by atoms with Gasteiger partial charge in [-0.25, -0.2) is 4.39 Å². The number of halogens is 1. The Hall–Kier alpha value is -3.78. The van der Waals surface area contributed by atoms with Crippen LogP contribution in [0.5, 0.6) is 5.75 Å². The monoisotopic (exact) mass is 487 g/mol. The molecule has 4 aromatic rings. The molecule has 1 aliphatic carbocycles. The summed E-state index contributed by atoms with van der Waals surface area (Å²) in [5, 5.41) is 8.10. The number of ether oxygens (including phenoxy) is 1. The second-order valence-corrected chi connectivity index (χ2v) is 9.46. The van der Waals surface area contributed by atoms with Crippen LogP contribution >= 0.6 is 0 Å². The Morgan fingerprint density at radius 1 is 1.11 bits per heavy atom. The van der Waals surface area contributed by atoms with E-state index in [1.807, 2.05) is 24.0 Å². The van der Waals surface area contributed by atoms with Crippen LogP contribution in [0.25, 0.3) is 22.0 Å². The lowest BCUT2D eigenvalue weighted by molar-refractivity contribution is 0.0343. The smallest absolute Gasteiger partial charge is 0.254 e. The average Bonchev–Trinajstić information content (AvgIpc) is 3.32. The van der Waals surface area contributed by atoms with Gasteiger partial charge in [-0.1, -0.05) is 12.1 Å². The zero-order valence-corrected chi connectivity index (χ0v) is 20.7. The van der Waals surface area contributed by atoms with Gasteiger partial charge in [-0.3, -0.25) is 14.9 Å². The minimum Gasteiger partial charge on any atom is -0.493 e. The number of nitrogens with zero attached hydrogens (tertiary/aromatic N) is 4. The molecule has 1 fully saturated rings. The van der Waals surface area contributed by atoms with Crippen LogP contribution in [-0.4, -0.2) is 63.7 Å². The highest BCUT2D eigenvalue weighted by atomic mass is 19.1. The third-order valence-electron chi connectivity index (χ3n) is 6.96. The maximum absolute atomic E-state index is 13.9. The van der Waals surface area contributed by atoms with Crippen LogP contribution in [0.1, 0.15) is 35.7 Å². The number of fused-ring (bicyclic) bond motifs is 1. The molecule has 186 valence electrons. The normalized spacial score (nSPS) is 17.2. The number of carbonyl (C=O) groups is 1. The van der Waals surface area contributed by atoms with Crippen LogP contribution in [0.15, 0.2) is 61.1 Å². The molecule has 36 heavy (non-hydrogen) atoms. The molecule has 2 heterocycles. The van der Waals surface area contributed by atoms with Crippen molar-refractivity contribution in [3.05, 3.63) is 78.0 Å². The summed E-state index contributed by atoms with van der Waals surface area (Å²) in [6.45, 7) is 2.75. The van der Waals surface area contributed by atoms with Crippen molar-refractivity contribution in [1.29, 1.82) is 0 Å². The minimum absolute atomic E-state index is 0.0690. The van der Waals surface area contributed by atoms with E-state index in [1.165, 1.54) is 12.1 Å². The third-order valence-corrected chi connectivity index (χ3v) is 6.96. The lowest BCUT2D eigenvalue weighted by Gasteiger charge is -2.45. The molecular formula is C28H30FN5O2. The van der Waals surface area contributed by atoms with E-state index in [1.54, 1.807) is 36.8 Å². The molecule has 1 amide bonds. The number of hydrogen-bond donors (Lipinski definition) is 1. The van der Waals surface area contributed by atoms with Gasteiger partial charge in [0.1, 0.15) is 11.6 Å². The summed E-state index contributed by atoms with van der Waals surface area (Å²) < 4.78 is 19.8. The maximum atomic E-state index is 13.9. The van der Waals surface area contributed by atoms with Crippen LogP contribution in [-0.2, 0) is 6.54 Å². The van der Waals surface area contributed by atoms with Crippen LogP contribution in [0, 0.1) is 5.82 Å². The summed E-state index contributed by atoms with van der Waals surface area (Å²) in [5.41, 5.74) is 3.81. The molecule has 7 nitrogen and oxygen atoms in total.